The number of aromatic nitrogens is 1. The number of nitrogens with two attached hydrogens (primary N) is 1. The molecule has 1 aromatic carbocycles. The lowest BCUT2D eigenvalue weighted by Gasteiger charge is -2.11. The fraction of sp³-hybridized carbons (Fsp3) is 0.188. The summed E-state index contributed by atoms with van der Waals surface area (Å²) in [4.78, 5) is 4.69. The Bertz CT molecular complexity index is 705. The lowest BCUT2D eigenvalue weighted by Crippen LogP contribution is -2.29. The highest BCUT2D eigenvalue weighted by Crippen LogP contribution is 2.26. The average molecular weight is 299 g/mol. The van der Waals surface area contributed by atoms with Crippen molar-refractivity contribution in [1.82, 2.24) is 10.4 Å². The number of hydrogen-bond acceptors (Lipinski definition) is 5. The van der Waals surface area contributed by atoms with Crippen LogP contribution in [0, 0.1) is 6.92 Å². The van der Waals surface area contributed by atoms with Crippen molar-refractivity contribution in [3.05, 3.63) is 64.4 Å². The van der Waals surface area contributed by atoms with Crippen LogP contribution in [0.15, 0.2) is 52.5 Å². The van der Waals surface area contributed by atoms with Crippen LogP contribution in [0.3, 0.4) is 0 Å². The number of hydrogen-bond donors (Lipinski definition) is 2. The van der Waals surface area contributed by atoms with E-state index < -0.39 is 0 Å². The third-order valence-corrected chi connectivity index (χ3v) is 4.23. The van der Waals surface area contributed by atoms with Crippen LogP contribution in [0.1, 0.15) is 22.4 Å². The van der Waals surface area contributed by atoms with Crippen molar-refractivity contribution in [3.8, 4) is 11.3 Å². The van der Waals surface area contributed by atoms with Crippen LogP contribution < -0.4 is 11.3 Å². The molecular formula is C16H17N3OS. The Morgan fingerprint density at radius 1 is 1.33 bits per heavy atom. The molecule has 1 atom stereocenters. The fourth-order valence-corrected chi connectivity index (χ4v) is 3.09. The van der Waals surface area contributed by atoms with Crippen molar-refractivity contribution in [2.24, 2.45) is 5.84 Å². The van der Waals surface area contributed by atoms with Gasteiger partial charge in [-0.1, -0.05) is 30.3 Å². The Morgan fingerprint density at radius 3 is 2.81 bits per heavy atom. The van der Waals surface area contributed by atoms with E-state index in [1.54, 1.807) is 17.6 Å². The normalized spacial score (nSPS) is 12.5. The highest BCUT2D eigenvalue weighted by atomic mass is 32.1. The lowest BCUT2D eigenvalue weighted by atomic mass is 10.1. The largest absolute Gasteiger partial charge is 0.469 e. The predicted octanol–water partition coefficient (Wildman–Crippen LogP) is 3.46. The Hall–Kier alpha value is -1.95. The van der Waals surface area contributed by atoms with Gasteiger partial charge in [-0.3, -0.25) is 11.3 Å². The number of aryl methyl sites for hydroxylation is 1. The van der Waals surface area contributed by atoms with Crippen LogP contribution in [0.5, 0.6) is 0 Å². The molecule has 0 radical (unpaired) electrons. The summed E-state index contributed by atoms with van der Waals surface area (Å²) in [5.74, 6) is 6.55. The first-order valence-corrected chi connectivity index (χ1v) is 7.65. The smallest absolute Gasteiger partial charge is 0.101 e. The fourth-order valence-electron chi connectivity index (χ4n) is 2.24. The number of nitrogens with zero attached hydrogens (tertiary/aromatic N) is 1. The molecule has 2 aromatic heterocycles. The summed E-state index contributed by atoms with van der Waals surface area (Å²) in [6.45, 7) is 1.92. The van der Waals surface area contributed by atoms with Crippen LogP contribution >= 0.6 is 11.3 Å². The van der Waals surface area contributed by atoms with Gasteiger partial charge in [0.05, 0.1) is 23.0 Å². The Balaban J connectivity index is 1.77. The second kappa shape index (κ2) is 6.22. The van der Waals surface area contributed by atoms with Gasteiger partial charge in [-0.15, -0.1) is 11.3 Å². The molecule has 2 heterocycles. The summed E-state index contributed by atoms with van der Waals surface area (Å²) in [7, 11) is 0. The van der Waals surface area contributed by atoms with E-state index in [0.717, 1.165) is 34.0 Å². The molecule has 3 N–H and O–H groups in total. The predicted molar refractivity (Wildman–Crippen MR) is 84.8 cm³/mol. The van der Waals surface area contributed by atoms with Crippen molar-refractivity contribution in [1.29, 1.82) is 0 Å². The van der Waals surface area contributed by atoms with Gasteiger partial charge < -0.3 is 4.42 Å². The van der Waals surface area contributed by atoms with Crippen LogP contribution in [0.25, 0.3) is 11.3 Å². The average Bonchev–Trinajstić information content (AvgIpc) is 3.15. The van der Waals surface area contributed by atoms with Crippen LogP contribution in [-0.4, -0.2) is 4.98 Å². The molecule has 0 aliphatic heterocycles. The molecule has 0 bridgehead atoms. The molecule has 3 rings (SSSR count). The van der Waals surface area contributed by atoms with Crippen LogP contribution in [0.2, 0.25) is 0 Å². The summed E-state index contributed by atoms with van der Waals surface area (Å²) in [6.07, 6.45) is 2.48. The lowest BCUT2D eigenvalue weighted by molar-refractivity contribution is 0.511. The van der Waals surface area contributed by atoms with E-state index in [1.807, 2.05) is 31.2 Å². The second-order valence-electron chi connectivity index (χ2n) is 4.91. The standard InChI is InChI=1S/C16H17N3OS/c1-11-7-13(9-20-11)14(19-17)8-16-18-15(10-21-16)12-5-3-2-4-6-12/h2-7,9-10,14,19H,8,17H2,1H3. The number of rotatable bonds is 5. The quantitative estimate of drug-likeness (QED) is 0.559. The molecule has 0 saturated carbocycles. The van der Waals surface area contributed by atoms with Crippen molar-refractivity contribution >= 4 is 11.3 Å². The zero-order chi connectivity index (χ0) is 14.7. The number of furan rings is 1. The zero-order valence-corrected chi connectivity index (χ0v) is 12.6. The maximum absolute atomic E-state index is 5.67. The molecule has 3 aromatic rings. The van der Waals surface area contributed by atoms with E-state index in [0.29, 0.717) is 0 Å². The highest BCUT2D eigenvalue weighted by molar-refractivity contribution is 7.09. The van der Waals surface area contributed by atoms with E-state index in [9.17, 15) is 0 Å². The summed E-state index contributed by atoms with van der Waals surface area (Å²) < 4.78 is 5.35. The molecule has 0 fully saturated rings. The van der Waals surface area contributed by atoms with E-state index in [2.05, 4.69) is 22.9 Å². The Labute approximate surface area is 127 Å². The van der Waals surface area contributed by atoms with E-state index in [-0.39, 0.29) is 6.04 Å². The van der Waals surface area contributed by atoms with Gasteiger partial charge in [-0.2, -0.15) is 0 Å². The van der Waals surface area contributed by atoms with Crippen molar-refractivity contribution < 1.29 is 4.42 Å². The minimum absolute atomic E-state index is 0.0113. The molecule has 0 amide bonds. The number of hydrazine groups is 1. The minimum Gasteiger partial charge on any atom is -0.469 e. The first kappa shape index (κ1) is 14.0. The summed E-state index contributed by atoms with van der Waals surface area (Å²) in [5.41, 5.74) is 6.03. The van der Waals surface area contributed by atoms with Crippen molar-refractivity contribution in [2.75, 3.05) is 0 Å². The van der Waals surface area contributed by atoms with Gasteiger partial charge in [-0.25, -0.2) is 4.98 Å². The van der Waals surface area contributed by atoms with Gasteiger partial charge in [0, 0.05) is 22.9 Å². The maximum Gasteiger partial charge on any atom is 0.101 e. The third-order valence-electron chi connectivity index (χ3n) is 3.35. The molecule has 4 nitrogen and oxygen atoms in total. The SMILES string of the molecule is Cc1cc(C(Cc2nc(-c3ccccc3)cs2)NN)co1. The van der Waals surface area contributed by atoms with Crippen LogP contribution in [-0.2, 0) is 6.42 Å². The Kier molecular flexibility index (Phi) is 4.15. The van der Waals surface area contributed by atoms with Gasteiger partial charge in [0.1, 0.15) is 5.76 Å². The number of benzene rings is 1. The number of nitrogens with one attached hydrogen (secondary N) is 1. The first-order chi connectivity index (χ1) is 10.3. The second-order valence-corrected chi connectivity index (χ2v) is 5.85. The van der Waals surface area contributed by atoms with Crippen molar-refractivity contribution in [3.63, 3.8) is 0 Å². The zero-order valence-electron chi connectivity index (χ0n) is 11.7. The minimum atomic E-state index is 0.0113. The molecule has 5 heteroatoms. The van der Waals surface area contributed by atoms with Gasteiger partial charge in [0.25, 0.3) is 0 Å². The maximum atomic E-state index is 5.67. The van der Waals surface area contributed by atoms with Gasteiger partial charge in [0.2, 0.25) is 0 Å². The summed E-state index contributed by atoms with van der Waals surface area (Å²) in [6, 6.07) is 12.2. The molecule has 0 spiro atoms. The molecule has 1 unspecified atom stereocenters. The van der Waals surface area contributed by atoms with Crippen LogP contribution in [0.4, 0.5) is 0 Å². The summed E-state index contributed by atoms with van der Waals surface area (Å²) >= 11 is 1.65. The molecular weight excluding hydrogens is 282 g/mol. The molecule has 0 aliphatic carbocycles. The summed E-state index contributed by atoms with van der Waals surface area (Å²) in [5, 5.41) is 3.13. The molecule has 108 valence electrons. The highest BCUT2D eigenvalue weighted by Gasteiger charge is 2.15. The van der Waals surface area contributed by atoms with Gasteiger partial charge in [0.15, 0.2) is 0 Å². The number of thiazole rings is 1. The Morgan fingerprint density at radius 2 is 2.14 bits per heavy atom. The monoisotopic (exact) mass is 299 g/mol. The van der Waals surface area contributed by atoms with E-state index in [4.69, 9.17) is 15.2 Å². The third kappa shape index (κ3) is 3.21. The van der Waals surface area contributed by atoms with Gasteiger partial charge >= 0.3 is 0 Å². The van der Waals surface area contributed by atoms with E-state index in [1.165, 1.54) is 0 Å². The van der Waals surface area contributed by atoms with E-state index >= 15 is 0 Å². The van der Waals surface area contributed by atoms with Gasteiger partial charge in [-0.05, 0) is 13.0 Å². The topological polar surface area (TPSA) is 64.1 Å². The first-order valence-electron chi connectivity index (χ1n) is 6.77. The molecule has 0 aliphatic rings. The van der Waals surface area contributed by atoms with Crippen molar-refractivity contribution in [2.45, 2.75) is 19.4 Å². The molecule has 21 heavy (non-hydrogen) atoms. The molecule has 0 saturated heterocycles.